The number of amides is 1. The molecule has 24 heavy (non-hydrogen) atoms. The van der Waals surface area contributed by atoms with Gasteiger partial charge in [0.25, 0.3) is 5.91 Å². The average molecular weight is 342 g/mol. The summed E-state index contributed by atoms with van der Waals surface area (Å²) in [6.45, 7) is 4.02. The third kappa shape index (κ3) is 3.14. The number of rotatable bonds is 5. The summed E-state index contributed by atoms with van der Waals surface area (Å²) in [6, 6.07) is 10.8. The van der Waals surface area contributed by atoms with E-state index in [9.17, 15) is 4.79 Å². The molecule has 0 aliphatic carbocycles. The lowest BCUT2D eigenvalue weighted by molar-refractivity contribution is -0.110. The van der Waals surface area contributed by atoms with E-state index in [1.165, 1.54) is 0 Å². The molecule has 0 radical (unpaired) electrons. The third-order valence-corrected chi connectivity index (χ3v) is 3.86. The summed E-state index contributed by atoms with van der Waals surface area (Å²) >= 11 is 6.05. The molecule has 2 aromatic rings. The first-order valence-corrected chi connectivity index (χ1v) is 7.75. The Balaban J connectivity index is 1.98. The maximum atomic E-state index is 12.2. The summed E-state index contributed by atoms with van der Waals surface area (Å²) in [4.78, 5) is 12.2. The molecule has 0 spiro atoms. The van der Waals surface area contributed by atoms with E-state index < -0.39 is 0 Å². The van der Waals surface area contributed by atoms with Crippen molar-refractivity contribution in [3.63, 3.8) is 0 Å². The molecule has 1 amide bonds. The van der Waals surface area contributed by atoms with Gasteiger partial charge in [-0.1, -0.05) is 30.3 Å². The number of fused-ring (bicyclic) bond motifs is 1. The van der Waals surface area contributed by atoms with E-state index in [0.29, 0.717) is 28.7 Å². The van der Waals surface area contributed by atoms with Crippen LogP contribution < -0.4 is 14.8 Å². The highest BCUT2D eigenvalue weighted by atomic mass is 35.5. The molecule has 0 saturated heterocycles. The van der Waals surface area contributed by atoms with Crippen LogP contribution in [0.15, 0.2) is 49.1 Å². The van der Waals surface area contributed by atoms with Crippen LogP contribution in [0.3, 0.4) is 0 Å². The van der Waals surface area contributed by atoms with E-state index in [1.807, 2.05) is 12.1 Å². The van der Waals surface area contributed by atoms with Crippen molar-refractivity contribution in [2.24, 2.45) is 0 Å². The summed E-state index contributed by atoms with van der Waals surface area (Å²) in [6.07, 6.45) is 3.47. The fourth-order valence-corrected chi connectivity index (χ4v) is 2.68. The molecule has 1 N–H and O–H groups in total. The van der Waals surface area contributed by atoms with Crippen LogP contribution in [0.5, 0.6) is 11.5 Å². The summed E-state index contributed by atoms with van der Waals surface area (Å²) in [5.74, 6) is 1.06. The van der Waals surface area contributed by atoms with E-state index in [-0.39, 0.29) is 5.91 Å². The van der Waals surface area contributed by atoms with Gasteiger partial charge in [0, 0.05) is 21.8 Å². The zero-order valence-electron chi connectivity index (χ0n) is 13.1. The Kier molecular flexibility index (Phi) is 4.58. The molecule has 5 heteroatoms. The number of nitrogens with one attached hydrogen (secondary N) is 1. The average Bonchev–Trinajstić information content (AvgIpc) is 2.88. The standard InChI is InChI=1S/C19H16ClNO3/c1-3-8-24-17-7-4-12(10-18(17)23-2)9-15-14-11-13(20)5-6-16(14)21-19(15)22/h3-7,9-11H,1,8H2,2H3,(H,21,22)/b15-9+. The molecule has 0 fully saturated rings. The van der Waals surface area contributed by atoms with Crippen molar-refractivity contribution < 1.29 is 14.3 Å². The fourth-order valence-electron chi connectivity index (χ4n) is 2.51. The summed E-state index contributed by atoms with van der Waals surface area (Å²) in [5.41, 5.74) is 2.94. The Morgan fingerprint density at radius 2 is 2.04 bits per heavy atom. The molecular formula is C19H16ClNO3. The van der Waals surface area contributed by atoms with E-state index in [4.69, 9.17) is 21.1 Å². The Hall–Kier alpha value is -2.72. The highest BCUT2D eigenvalue weighted by Gasteiger charge is 2.24. The first-order chi connectivity index (χ1) is 11.6. The van der Waals surface area contributed by atoms with Crippen LogP contribution in [0.1, 0.15) is 11.1 Å². The molecule has 1 aliphatic rings. The van der Waals surface area contributed by atoms with Gasteiger partial charge in [0.05, 0.1) is 7.11 Å². The lowest BCUT2D eigenvalue weighted by Gasteiger charge is -2.10. The van der Waals surface area contributed by atoms with Crippen LogP contribution >= 0.6 is 11.6 Å². The largest absolute Gasteiger partial charge is 0.493 e. The Bertz CT molecular complexity index is 843. The monoisotopic (exact) mass is 341 g/mol. The van der Waals surface area contributed by atoms with Gasteiger partial charge in [-0.05, 0) is 42.0 Å². The number of hydrogen-bond acceptors (Lipinski definition) is 3. The Labute approximate surface area is 145 Å². The third-order valence-electron chi connectivity index (χ3n) is 3.62. The van der Waals surface area contributed by atoms with Crippen molar-refractivity contribution in [1.82, 2.24) is 0 Å². The molecule has 3 rings (SSSR count). The highest BCUT2D eigenvalue weighted by Crippen LogP contribution is 2.36. The maximum Gasteiger partial charge on any atom is 0.256 e. The molecule has 0 aromatic heterocycles. The second-order valence-electron chi connectivity index (χ2n) is 5.21. The zero-order chi connectivity index (χ0) is 17.1. The molecule has 4 nitrogen and oxygen atoms in total. The van der Waals surface area contributed by atoms with Crippen molar-refractivity contribution >= 4 is 34.8 Å². The number of anilines is 1. The minimum Gasteiger partial charge on any atom is -0.493 e. The molecule has 122 valence electrons. The van der Waals surface area contributed by atoms with Gasteiger partial charge in [0.2, 0.25) is 0 Å². The minimum atomic E-state index is -0.154. The highest BCUT2D eigenvalue weighted by molar-refractivity contribution is 6.36. The van der Waals surface area contributed by atoms with Gasteiger partial charge in [0.1, 0.15) is 6.61 Å². The van der Waals surface area contributed by atoms with E-state index in [0.717, 1.165) is 16.8 Å². The number of carbonyl (C=O) groups excluding carboxylic acids is 1. The second kappa shape index (κ2) is 6.81. The number of benzene rings is 2. The SMILES string of the molecule is C=CCOc1ccc(/C=C2/C(=O)Nc3ccc(Cl)cc32)cc1OC. The summed E-state index contributed by atoms with van der Waals surface area (Å²) in [5, 5.41) is 3.42. The predicted molar refractivity (Wildman–Crippen MR) is 96.6 cm³/mol. The first kappa shape index (κ1) is 16.1. The van der Waals surface area contributed by atoms with Crippen molar-refractivity contribution in [3.05, 3.63) is 65.2 Å². The maximum absolute atomic E-state index is 12.2. The van der Waals surface area contributed by atoms with Crippen molar-refractivity contribution in [3.8, 4) is 11.5 Å². The van der Waals surface area contributed by atoms with Gasteiger partial charge in [0.15, 0.2) is 11.5 Å². The Morgan fingerprint density at radius 1 is 1.21 bits per heavy atom. The van der Waals surface area contributed by atoms with Gasteiger partial charge >= 0.3 is 0 Å². The van der Waals surface area contributed by atoms with Gasteiger partial charge < -0.3 is 14.8 Å². The smallest absolute Gasteiger partial charge is 0.256 e. The van der Waals surface area contributed by atoms with Gasteiger partial charge in [-0.15, -0.1) is 0 Å². The van der Waals surface area contributed by atoms with Crippen molar-refractivity contribution in [1.29, 1.82) is 0 Å². The van der Waals surface area contributed by atoms with Gasteiger partial charge in [-0.2, -0.15) is 0 Å². The van der Waals surface area contributed by atoms with E-state index >= 15 is 0 Å². The minimum absolute atomic E-state index is 0.154. The molecule has 0 unspecified atom stereocenters. The van der Waals surface area contributed by atoms with Gasteiger partial charge in [-0.25, -0.2) is 0 Å². The number of methoxy groups -OCH3 is 1. The number of ether oxygens (including phenoxy) is 2. The normalized spacial score (nSPS) is 14.2. The summed E-state index contributed by atoms with van der Waals surface area (Å²) in [7, 11) is 1.57. The number of carbonyl (C=O) groups is 1. The molecule has 2 aromatic carbocycles. The molecule has 0 saturated carbocycles. The topological polar surface area (TPSA) is 47.6 Å². The van der Waals surface area contributed by atoms with Crippen LogP contribution in [-0.2, 0) is 4.79 Å². The predicted octanol–water partition coefficient (Wildman–Crippen LogP) is 4.41. The lowest BCUT2D eigenvalue weighted by Crippen LogP contribution is -2.03. The van der Waals surface area contributed by atoms with E-state index in [1.54, 1.807) is 43.5 Å². The first-order valence-electron chi connectivity index (χ1n) is 7.37. The van der Waals surface area contributed by atoms with Crippen LogP contribution in [0.2, 0.25) is 5.02 Å². The van der Waals surface area contributed by atoms with Crippen LogP contribution in [0.25, 0.3) is 11.6 Å². The van der Waals surface area contributed by atoms with Crippen molar-refractivity contribution in [2.45, 2.75) is 0 Å². The Morgan fingerprint density at radius 3 is 2.79 bits per heavy atom. The second-order valence-corrected chi connectivity index (χ2v) is 5.65. The van der Waals surface area contributed by atoms with Crippen LogP contribution in [0.4, 0.5) is 5.69 Å². The lowest BCUT2D eigenvalue weighted by atomic mass is 10.0. The van der Waals surface area contributed by atoms with Gasteiger partial charge in [-0.3, -0.25) is 4.79 Å². The quantitative estimate of drug-likeness (QED) is 0.647. The summed E-state index contributed by atoms with van der Waals surface area (Å²) < 4.78 is 10.9. The molecular weight excluding hydrogens is 326 g/mol. The van der Waals surface area contributed by atoms with Crippen molar-refractivity contribution in [2.75, 3.05) is 19.0 Å². The molecule has 0 atom stereocenters. The van der Waals surface area contributed by atoms with E-state index in [2.05, 4.69) is 11.9 Å². The van der Waals surface area contributed by atoms with Crippen LogP contribution in [0, 0.1) is 0 Å². The van der Waals surface area contributed by atoms with Crippen LogP contribution in [-0.4, -0.2) is 19.6 Å². The number of halogens is 1. The molecule has 0 bridgehead atoms. The zero-order valence-corrected chi connectivity index (χ0v) is 13.9. The fraction of sp³-hybridized carbons (Fsp3) is 0.105. The molecule has 1 aliphatic heterocycles. The number of hydrogen-bond donors (Lipinski definition) is 1. The molecule has 1 heterocycles.